The van der Waals surface area contributed by atoms with Gasteiger partial charge >= 0.3 is 6.09 Å². The molecule has 0 aliphatic heterocycles. The van der Waals surface area contributed by atoms with Crippen LogP contribution in [0.4, 0.5) is 4.79 Å². The van der Waals surface area contributed by atoms with Gasteiger partial charge in [0.25, 0.3) is 0 Å². The first-order chi connectivity index (χ1) is 11.3. The van der Waals surface area contributed by atoms with E-state index >= 15 is 0 Å². The number of methoxy groups -OCH3 is 2. The average Bonchev–Trinajstić information content (AvgIpc) is 2.52. The molecule has 0 saturated carbocycles. The molecule has 0 saturated heterocycles. The van der Waals surface area contributed by atoms with Crippen LogP contribution < -0.4 is 14.9 Å². The molecule has 0 aromatic carbocycles. The summed E-state index contributed by atoms with van der Waals surface area (Å²) in [5.74, 6) is 0.831. The highest BCUT2D eigenvalue weighted by Gasteiger charge is 2.26. The molecule has 1 atom stereocenters. The molecule has 8 nitrogen and oxygen atoms in total. The molecule has 9 heteroatoms. The molecule has 1 N–H and O–H groups in total. The van der Waals surface area contributed by atoms with Crippen molar-refractivity contribution in [3.63, 3.8) is 0 Å². The van der Waals surface area contributed by atoms with Gasteiger partial charge in [-0.25, -0.2) is 10.2 Å². The topological polar surface area (TPSA) is 94.9 Å². The zero-order chi connectivity index (χ0) is 18.2. The summed E-state index contributed by atoms with van der Waals surface area (Å²) in [6.45, 7) is 8.18. The normalized spacial score (nSPS) is 12.8. The zero-order valence-corrected chi connectivity index (χ0v) is 15.6. The third kappa shape index (κ3) is 6.61. The Bertz CT molecular complexity index is 553. The lowest BCUT2D eigenvalue weighted by molar-refractivity contribution is 0.152. The van der Waals surface area contributed by atoms with Crippen molar-refractivity contribution >= 4 is 24.1 Å². The van der Waals surface area contributed by atoms with Gasteiger partial charge < -0.3 is 14.2 Å². The van der Waals surface area contributed by atoms with Gasteiger partial charge in [-0.05, 0) is 12.3 Å². The number of nitrogens with one attached hydrogen (secondary N) is 1. The van der Waals surface area contributed by atoms with Crippen molar-refractivity contribution < 1.29 is 19.0 Å². The lowest BCUT2D eigenvalue weighted by atomic mass is 9.92. The van der Waals surface area contributed by atoms with Crippen molar-refractivity contribution in [2.24, 2.45) is 10.5 Å². The van der Waals surface area contributed by atoms with Gasteiger partial charge in [-0.15, -0.1) is 0 Å². The van der Waals surface area contributed by atoms with Crippen LogP contribution in [-0.2, 0) is 4.74 Å². The number of thioether (sulfide) groups is 1. The van der Waals surface area contributed by atoms with Crippen LogP contribution in [0.3, 0.4) is 0 Å². The first-order valence-corrected chi connectivity index (χ1v) is 8.27. The molecule has 1 aromatic heterocycles. The van der Waals surface area contributed by atoms with Crippen molar-refractivity contribution in [2.45, 2.75) is 38.1 Å². The van der Waals surface area contributed by atoms with E-state index in [1.165, 1.54) is 26.0 Å². The summed E-state index contributed by atoms with van der Waals surface area (Å²) in [6, 6.07) is 1.60. The molecular formula is C15H24N4O4S. The van der Waals surface area contributed by atoms with Crippen LogP contribution in [0, 0.1) is 5.41 Å². The third-order valence-corrected chi connectivity index (χ3v) is 4.28. The van der Waals surface area contributed by atoms with Crippen molar-refractivity contribution in [3.8, 4) is 11.8 Å². The molecule has 0 radical (unpaired) electrons. The number of rotatable bonds is 7. The van der Waals surface area contributed by atoms with Gasteiger partial charge in [0.2, 0.25) is 11.8 Å². The van der Waals surface area contributed by atoms with Crippen LogP contribution in [0.5, 0.6) is 11.8 Å². The number of aromatic nitrogens is 2. The van der Waals surface area contributed by atoms with Crippen LogP contribution in [-0.4, -0.2) is 48.4 Å². The van der Waals surface area contributed by atoms with Crippen molar-refractivity contribution in [1.29, 1.82) is 0 Å². The second-order valence-corrected chi connectivity index (χ2v) is 6.86. The average molecular weight is 356 g/mol. The minimum Gasteiger partial charge on any atom is -0.481 e. The fraction of sp³-hybridized carbons (Fsp3) is 0.600. The number of hydrogen-bond donors (Lipinski definition) is 1. The maximum absolute atomic E-state index is 11.3. The standard InChI is InChI=1S/C15H24N4O4S/c1-7-23-14(20)19-16-9-10(15(2,3)4)24-13-17-11(21-5)8-12(18-13)22-6/h8-10H,7H2,1-6H3,(H,19,20). The summed E-state index contributed by atoms with van der Waals surface area (Å²) in [6.07, 6.45) is 1.04. The van der Waals surface area contributed by atoms with E-state index in [-0.39, 0.29) is 17.3 Å². The number of hydrazone groups is 1. The van der Waals surface area contributed by atoms with E-state index in [0.29, 0.717) is 16.9 Å². The zero-order valence-electron chi connectivity index (χ0n) is 14.8. The van der Waals surface area contributed by atoms with Gasteiger partial charge in [0.05, 0.1) is 32.1 Å². The number of nitrogens with zero attached hydrogens (tertiary/aromatic N) is 3. The van der Waals surface area contributed by atoms with Gasteiger partial charge in [-0.1, -0.05) is 32.5 Å². The fourth-order valence-corrected chi connectivity index (χ4v) is 2.50. The minimum absolute atomic E-state index is 0.101. The summed E-state index contributed by atoms with van der Waals surface area (Å²) in [5.41, 5.74) is 2.17. The lowest BCUT2D eigenvalue weighted by Gasteiger charge is -2.26. The molecule has 1 rings (SSSR count). The largest absolute Gasteiger partial charge is 0.481 e. The second kappa shape index (κ2) is 9.31. The number of carbonyl (C=O) groups excluding carboxylic acids is 1. The van der Waals surface area contributed by atoms with E-state index in [9.17, 15) is 4.79 Å². The molecule has 24 heavy (non-hydrogen) atoms. The van der Waals surface area contributed by atoms with Crippen LogP contribution in [0.15, 0.2) is 16.3 Å². The molecule has 0 bridgehead atoms. The predicted molar refractivity (Wildman–Crippen MR) is 92.9 cm³/mol. The smallest absolute Gasteiger partial charge is 0.427 e. The summed E-state index contributed by atoms with van der Waals surface area (Å²) in [4.78, 5) is 19.9. The molecular weight excluding hydrogens is 332 g/mol. The van der Waals surface area contributed by atoms with Crippen LogP contribution in [0.2, 0.25) is 0 Å². The van der Waals surface area contributed by atoms with E-state index in [0.717, 1.165) is 0 Å². The second-order valence-electron chi connectivity index (χ2n) is 5.75. The quantitative estimate of drug-likeness (QED) is 0.347. The van der Waals surface area contributed by atoms with Gasteiger partial charge in [0, 0.05) is 6.21 Å². The Morgan fingerprint density at radius 1 is 1.33 bits per heavy atom. The van der Waals surface area contributed by atoms with Gasteiger partial charge in [0.15, 0.2) is 5.16 Å². The Kier molecular flexibility index (Phi) is 7.76. The first kappa shape index (κ1) is 20.0. The van der Waals surface area contributed by atoms with Crippen LogP contribution in [0.25, 0.3) is 0 Å². The minimum atomic E-state index is -0.592. The maximum atomic E-state index is 11.3. The van der Waals surface area contributed by atoms with Crippen LogP contribution in [0.1, 0.15) is 27.7 Å². The molecule has 1 aromatic rings. The number of hydrogen-bond acceptors (Lipinski definition) is 8. The molecule has 134 valence electrons. The molecule has 0 aliphatic carbocycles. The van der Waals surface area contributed by atoms with E-state index in [2.05, 4.69) is 41.3 Å². The van der Waals surface area contributed by atoms with Crippen molar-refractivity contribution in [2.75, 3.05) is 20.8 Å². The Balaban J connectivity index is 2.91. The molecule has 0 spiro atoms. The Morgan fingerprint density at radius 3 is 2.38 bits per heavy atom. The number of ether oxygens (including phenoxy) is 3. The highest BCUT2D eigenvalue weighted by Crippen LogP contribution is 2.34. The molecule has 1 unspecified atom stereocenters. The van der Waals surface area contributed by atoms with E-state index in [1.807, 2.05) is 0 Å². The molecule has 1 amide bonds. The molecule has 0 aliphatic rings. The monoisotopic (exact) mass is 356 g/mol. The highest BCUT2D eigenvalue weighted by molar-refractivity contribution is 8.00. The summed E-state index contributed by atoms with van der Waals surface area (Å²) >= 11 is 1.40. The van der Waals surface area contributed by atoms with Gasteiger partial charge in [-0.2, -0.15) is 15.1 Å². The Labute approximate surface area is 146 Å². The van der Waals surface area contributed by atoms with Crippen LogP contribution >= 0.6 is 11.8 Å². The lowest BCUT2D eigenvalue weighted by Crippen LogP contribution is -2.27. The first-order valence-electron chi connectivity index (χ1n) is 7.39. The maximum Gasteiger partial charge on any atom is 0.427 e. The highest BCUT2D eigenvalue weighted by atomic mass is 32.2. The summed E-state index contributed by atoms with van der Waals surface area (Å²) < 4.78 is 15.1. The number of amides is 1. The summed E-state index contributed by atoms with van der Waals surface area (Å²) in [7, 11) is 3.06. The van der Waals surface area contributed by atoms with E-state index < -0.39 is 6.09 Å². The van der Waals surface area contributed by atoms with Gasteiger partial charge in [0.1, 0.15) is 0 Å². The molecule has 0 fully saturated rings. The van der Waals surface area contributed by atoms with Crippen molar-refractivity contribution in [1.82, 2.24) is 15.4 Å². The predicted octanol–water partition coefficient (Wildman–Crippen LogP) is 2.73. The Hall–Kier alpha value is -2.03. The van der Waals surface area contributed by atoms with E-state index in [4.69, 9.17) is 14.2 Å². The Morgan fingerprint density at radius 2 is 1.92 bits per heavy atom. The third-order valence-electron chi connectivity index (χ3n) is 2.80. The number of carbonyl (C=O) groups is 1. The SMILES string of the molecule is CCOC(=O)NN=CC(Sc1nc(OC)cc(OC)n1)C(C)(C)C. The molecule has 1 heterocycles. The van der Waals surface area contributed by atoms with E-state index in [1.54, 1.807) is 19.2 Å². The van der Waals surface area contributed by atoms with Gasteiger partial charge in [-0.3, -0.25) is 0 Å². The fourth-order valence-electron chi connectivity index (χ4n) is 1.51. The van der Waals surface area contributed by atoms with Crippen molar-refractivity contribution in [3.05, 3.63) is 6.07 Å². The summed E-state index contributed by atoms with van der Waals surface area (Å²) in [5, 5.41) is 4.34.